The Bertz CT molecular complexity index is 622. The van der Waals surface area contributed by atoms with Gasteiger partial charge in [-0.25, -0.2) is 0 Å². The van der Waals surface area contributed by atoms with Crippen molar-refractivity contribution in [2.45, 2.75) is 57.9 Å². The Hall–Kier alpha value is -1.60. The molecule has 3 heterocycles. The van der Waals surface area contributed by atoms with Crippen LogP contribution in [-0.4, -0.2) is 59.2 Å². The lowest BCUT2D eigenvalue weighted by Crippen LogP contribution is -2.43. The SMILES string of the molecule is CCCCCNC(=O)C1CCN(C(=O)c2ccn(C3CCCNC3)n2)CC1.Cl. The van der Waals surface area contributed by atoms with Crippen LogP contribution in [0.1, 0.15) is 68.4 Å². The van der Waals surface area contributed by atoms with Crippen LogP contribution >= 0.6 is 12.4 Å². The molecule has 0 aromatic carbocycles. The van der Waals surface area contributed by atoms with Crippen LogP contribution in [-0.2, 0) is 4.79 Å². The summed E-state index contributed by atoms with van der Waals surface area (Å²) in [5, 5.41) is 10.9. The fourth-order valence-electron chi connectivity index (χ4n) is 3.95. The van der Waals surface area contributed by atoms with Gasteiger partial charge in [0, 0.05) is 38.3 Å². The first-order valence-electron chi connectivity index (χ1n) is 10.5. The van der Waals surface area contributed by atoms with Crippen molar-refractivity contribution in [2.75, 3.05) is 32.7 Å². The number of aromatic nitrogens is 2. The molecule has 2 aliphatic heterocycles. The quantitative estimate of drug-likeness (QED) is 0.675. The third kappa shape index (κ3) is 5.95. The number of nitrogens with zero attached hydrogens (tertiary/aromatic N) is 3. The van der Waals surface area contributed by atoms with E-state index in [0.717, 1.165) is 64.6 Å². The van der Waals surface area contributed by atoms with Crippen molar-refractivity contribution in [3.63, 3.8) is 0 Å². The minimum absolute atomic E-state index is 0. The Morgan fingerprint density at radius 2 is 2.04 bits per heavy atom. The zero-order valence-electron chi connectivity index (χ0n) is 16.9. The van der Waals surface area contributed by atoms with Crippen molar-refractivity contribution in [3.05, 3.63) is 18.0 Å². The third-order valence-corrected chi connectivity index (χ3v) is 5.70. The lowest BCUT2D eigenvalue weighted by Gasteiger charge is -2.31. The molecule has 1 atom stereocenters. The minimum Gasteiger partial charge on any atom is -0.356 e. The smallest absolute Gasteiger partial charge is 0.274 e. The number of rotatable bonds is 7. The number of piperidine rings is 2. The van der Waals surface area contributed by atoms with Crippen molar-refractivity contribution in [1.29, 1.82) is 0 Å². The van der Waals surface area contributed by atoms with Crippen LogP contribution in [0.4, 0.5) is 0 Å². The molecule has 7 nitrogen and oxygen atoms in total. The molecule has 0 aliphatic carbocycles. The predicted molar refractivity (Wildman–Crippen MR) is 112 cm³/mol. The second kappa shape index (κ2) is 11.4. The number of nitrogens with one attached hydrogen (secondary N) is 2. The van der Waals surface area contributed by atoms with E-state index in [-0.39, 0.29) is 30.1 Å². The second-order valence-electron chi connectivity index (χ2n) is 7.75. The van der Waals surface area contributed by atoms with E-state index in [0.29, 0.717) is 24.8 Å². The zero-order valence-corrected chi connectivity index (χ0v) is 17.7. The summed E-state index contributed by atoms with van der Waals surface area (Å²) in [5.41, 5.74) is 0.517. The molecule has 0 radical (unpaired) electrons. The topological polar surface area (TPSA) is 79.3 Å². The van der Waals surface area contributed by atoms with Crippen molar-refractivity contribution >= 4 is 24.2 Å². The van der Waals surface area contributed by atoms with Gasteiger partial charge in [0.25, 0.3) is 5.91 Å². The molecule has 2 N–H and O–H groups in total. The molecule has 1 aromatic heterocycles. The minimum atomic E-state index is -0.0145. The van der Waals surface area contributed by atoms with Gasteiger partial charge >= 0.3 is 0 Å². The molecule has 8 heteroatoms. The molecular weight excluding hydrogens is 378 g/mol. The predicted octanol–water partition coefficient (Wildman–Crippen LogP) is 2.39. The molecule has 0 bridgehead atoms. The van der Waals surface area contributed by atoms with E-state index < -0.39 is 0 Å². The number of carbonyl (C=O) groups is 2. The standard InChI is InChI=1S/C20H33N5O2.ClH/c1-2-3-4-11-22-19(26)16-7-12-24(13-8-16)20(27)18-9-14-25(23-18)17-6-5-10-21-15-17;/h9,14,16-17,21H,2-8,10-13,15H2,1H3,(H,22,26);1H. The van der Waals surface area contributed by atoms with Crippen LogP contribution in [0.5, 0.6) is 0 Å². The van der Waals surface area contributed by atoms with Crippen LogP contribution < -0.4 is 10.6 Å². The highest BCUT2D eigenvalue weighted by Gasteiger charge is 2.29. The maximum atomic E-state index is 12.8. The molecule has 2 fully saturated rings. The Morgan fingerprint density at radius 3 is 2.71 bits per heavy atom. The van der Waals surface area contributed by atoms with E-state index in [9.17, 15) is 9.59 Å². The molecule has 0 spiro atoms. The second-order valence-corrected chi connectivity index (χ2v) is 7.75. The summed E-state index contributed by atoms with van der Waals surface area (Å²) in [6, 6.07) is 2.16. The number of likely N-dealkylation sites (tertiary alicyclic amines) is 1. The summed E-state index contributed by atoms with van der Waals surface area (Å²) in [7, 11) is 0. The fraction of sp³-hybridized carbons (Fsp3) is 0.750. The van der Waals surface area contributed by atoms with E-state index >= 15 is 0 Å². The largest absolute Gasteiger partial charge is 0.356 e. The van der Waals surface area contributed by atoms with Gasteiger partial charge in [0.2, 0.25) is 5.91 Å². The van der Waals surface area contributed by atoms with Crippen LogP contribution in [0.25, 0.3) is 0 Å². The molecule has 0 saturated carbocycles. The highest BCUT2D eigenvalue weighted by atomic mass is 35.5. The first-order chi connectivity index (χ1) is 13.2. The first-order valence-corrected chi connectivity index (χ1v) is 10.5. The molecule has 28 heavy (non-hydrogen) atoms. The summed E-state index contributed by atoms with van der Waals surface area (Å²) < 4.78 is 1.93. The summed E-state index contributed by atoms with van der Waals surface area (Å²) in [5.74, 6) is 0.160. The lowest BCUT2D eigenvalue weighted by atomic mass is 9.95. The van der Waals surface area contributed by atoms with E-state index in [1.807, 2.05) is 21.8 Å². The van der Waals surface area contributed by atoms with Gasteiger partial charge in [-0.15, -0.1) is 12.4 Å². The monoisotopic (exact) mass is 411 g/mol. The van der Waals surface area contributed by atoms with Gasteiger partial charge in [-0.2, -0.15) is 5.10 Å². The summed E-state index contributed by atoms with van der Waals surface area (Å²) in [6.07, 6.45) is 8.97. The molecule has 2 saturated heterocycles. The highest BCUT2D eigenvalue weighted by Crippen LogP contribution is 2.20. The third-order valence-electron chi connectivity index (χ3n) is 5.70. The average molecular weight is 412 g/mol. The van der Waals surface area contributed by atoms with Crippen LogP contribution in [0.15, 0.2) is 12.3 Å². The van der Waals surface area contributed by atoms with Gasteiger partial charge in [-0.1, -0.05) is 19.8 Å². The molecule has 2 aliphatic rings. The van der Waals surface area contributed by atoms with E-state index in [4.69, 9.17) is 0 Å². The van der Waals surface area contributed by atoms with Gasteiger partial charge in [0.15, 0.2) is 0 Å². The number of unbranched alkanes of at least 4 members (excludes halogenated alkanes) is 2. The molecule has 2 amide bonds. The zero-order chi connectivity index (χ0) is 19.1. The van der Waals surface area contributed by atoms with Crippen LogP contribution in [0.3, 0.4) is 0 Å². The highest BCUT2D eigenvalue weighted by molar-refractivity contribution is 5.92. The fourth-order valence-corrected chi connectivity index (χ4v) is 3.95. The maximum absolute atomic E-state index is 12.8. The van der Waals surface area contributed by atoms with Gasteiger partial charge in [-0.05, 0) is 44.7 Å². The number of amides is 2. The number of halogens is 1. The normalized spacial score (nSPS) is 20.5. The van der Waals surface area contributed by atoms with Gasteiger partial charge in [0.05, 0.1) is 6.04 Å². The van der Waals surface area contributed by atoms with Gasteiger partial charge in [-0.3, -0.25) is 14.3 Å². The molecule has 1 aromatic rings. The van der Waals surface area contributed by atoms with Crippen molar-refractivity contribution < 1.29 is 9.59 Å². The Labute approximate surface area is 174 Å². The van der Waals surface area contributed by atoms with Gasteiger partial charge in [0.1, 0.15) is 5.69 Å². The van der Waals surface area contributed by atoms with Crippen LogP contribution in [0, 0.1) is 5.92 Å². The lowest BCUT2D eigenvalue weighted by molar-refractivity contribution is -0.126. The average Bonchev–Trinajstić information content (AvgIpc) is 3.21. The van der Waals surface area contributed by atoms with Crippen molar-refractivity contribution in [2.24, 2.45) is 5.92 Å². The summed E-state index contributed by atoms with van der Waals surface area (Å²) >= 11 is 0. The summed E-state index contributed by atoms with van der Waals surface area (Å²) in [4.78, 5) is 26.8. The summed E-state index contributed by atoms with van der Waals surface area (Å²) in [6.45, 7) is 6.15. The van der Waals surface area contributed by atoms with Crippen molar-refractivity contribution in [3.8, 4) is 0 Å². The van der Waals surface area contributed by atoms with Gasteiger partial charge < -0.3 is 15.5 Å². The Balaban J connectivity index is 0.00000280. The maximum Gasteiger partial charge on any atom is 0.274 e. The number of hydrogen-bond donors (Lipinski definition) is 2. The van der Waals surface area contributed by atoms with E-state index in [1.54, 1.807) is 0 Å². The van der Waals surface area contributed by atoms with E-state index in [2.05, 4.69) is 22.7 Å². The molecule has 158 valence electrons. The Morgan fingerprint density at radius 1 is 1.25 bits per heavy atom. The van der Waals surface area contributed by atoms with E-state index in [1.165, 1.54) is 0 Å². The molecule has 3 rings (SSSR count). The van der Waals surface area contributed by atoms with Crippen molar-refractivity contribution in [1.82, 2.24) is 25.3 Å². The Kier molecular flexibility index (Phi) is 9.25. The van der Waals surface area contributed by atoms with Crippen LogP contribution in [0.2, 0.25) is 0 Å². The first kappa shape index (κ1) is 22.7. The molecular formula is C20H34ClN5O2. The molecule has 1 unspecified atom stereocenters. The number of carbonyl (C=O) groups excluding carboxylic acids is 2. The number of hydrogen-bond acceptors (Lipinski definition) is 4.